The van der Waals surface area contributed by atoms with Crippen molar-refractivity contribution >= 4 is 5.96 Å². The number of aliphatic imine (C=N–C) groups is 1. The highest BCUT2D eigenvalue weighted by atomic mass is 16.5. The summed E-state index contributed by atoms with van der Waals surface area (Å²) in [6.07, 6.45) is 3.87. The van der Waals surface area contributed by atoms with Gasteiger partial charge in [-0.2, -0.15) is 0 Å². The Bertz CT molecular complexity index is 407. The van der Waals surface area contributed by atoms with E-state index in [9.17, 15) is 0 Å². The molecule has 0 bridgehead atoms. The molecule has 0 aromatic carbocycles. The van der Waals surface area contributed by atoms with Gasteiger partial charge in [0.25, 0.3) is 0 Å². The molecule has 2 aliphatic rings. The highest BCUT2D eigenvalue weighted by molar-refractivity contribution is 5.79. The first-order valence-electron chi connectivity index (χ1n) is 10.5. The van der Waals surface area contributed by atoms with Crippen molar-refractivity contribution in [3.05, 3.63) is 0 Å². The summed E-state index contributed by atoms with van der Waals surface area (Å²) in [6.45, 7) is 14.8. The Morgan fingerprint density at radius 1 is 1.31 bits per heavy atom. The lowest BCUT2D eigenvalue weighted by molar-refractivity contribution is 0.0142. The molecule has 6 nitrogen and oxygen atoms in total. The molecule has 1 N–H and O–H groups in total. The third-order valence-corrected chi connectivity index (χ3v) is 5.08. The zero-order valence-corrected chi connectivity index (χ0v) is 17.4. The van der Waals surface area contributed by atoms with Gasteiger partial charge in [-0.3, -0.25) is 9.89 Å². The minimum absolute atomic E-state index is 0.493. The van der Waals surface area contributed by atoms with E-state index in [1.54, 1.807) is 0 Å². The van der Waals surface area contributed by atoms with Gasteiger partial charge in [0.2, 0.25) is 0 Å². The van der Waals surface area contributed by atoms with Gasteiger partial charge in [-0.1, -0.05) is 13.8 Å². The third kappa shape index (κ3) is 8.23. The van der Waals surface area contributed by atoms with E-state index in [2.05, 4.69) is 42.9 Å². The predicted molar refractivity (Wildman–Crippen MR) is 108 cm³/mol. The lowest BCUT2D eigenvalue weighted by atomic mass is 10.0. The summed E-state index contributed by atoms with van der Waals surface area (Å²) in [4.78, 5) is 9.71. The Morgan fingerprint density at radius 3 is 2.65 bits per heavy atom. The standard InChI is InChI=1S/C20H40N4O2/c1-5-21-20(23(4)8-11-26-16-18-6-7-18)22-15-19(14-17(2)3)24-9-12-25-13-10-24/h17-19H,5-16H2,1-4H3,(H,21,22). The van der Waals surface area contributed by atoms with Crippen LogP contribution in [0.3, 0.4) is 0 Å². The molecule has 1 aliphatic heterocycles. The topological polar surface area (TPSA) is 49.3 Å². The van der Waals surface area contributed by atoms with Crippen LogP contribution in [0.25, 0.3) is 0 Å². The maximum Gasteiger partial charge on any atom is 0.193 e. The van der Waals surface area contributed by atoms with Crippen LogP contribution in [0.15, 0.2) is 4.99 Å². The van der Waals surface area contributed by atoms with Gasteiger partial charge in [-0.05, 0) is 38.0 Å². The quantitative estimate of drug-likeness (QED) is 0.344. The lowest BCUT2D eigenvalue weighted by Crippen LogP contribution is -2.46. The fourth-order valence-corrected chi connectivity index (χ4v) is 3.33. The minimum Gasteiger partial charge on any atom is -0.379 e. The first-order chi connectivity index (χ1) is 12.6. The van der Waals surface area contributed by atoms with Gasteiger partial charge in [0.05, 0.1) is 26.4 Å². The van der Waals surface area contributed by atoms with E-state index >= 15 is 0 Å². The van der Waals surface area contributed by atoms with Crippen LogP contribution in [0.1, 0.15) is 40.0 Å². The maximum atomic E-state index is 5.78. The Labute approximate surface area is 160 Å². The molecule has 26 heavy (non-hydrogen) atoms. The minimum atomic E-state index is 0.493. The molecule has 0 spiro atoms. The summed E-state index contributed by atoms with van der Waals surface area (Å²) in [5.41, 5.74) is 0. The SMILES string of the molecule is CCNC(=NCC(CC(C)C)N1CCOCC1)N(C)CCOCC1CC1. The van der Waals surface area contributed by atoms with E-state index in [0.29, 0.717) is 12.0 Å². The van der Waals surface area contributed by atoms with Crippen molar-refractivity contribution in [2.75, 3.05) is 66.2 Å². The molecule has 152 valence electrons. The van der Waals surface area contributed by atoms with Crippen LogP contribution >= 0.6 is 0 Å². The monoisotopic (exact) mass is 368 g/mol. The second kappa shape index (κ2) is 11.8. The number of ether oxygens (including phenoxy) is 2. The molecule has 6 heteroatoms. The van der Waals surface area contributed by atoms with Crippen LogP contribution in [0.2, 0.25) is 0 Å². The Hall–Kier alpha value is -0.850. The van der Waals surface area contributed by atoms with Crippen LogP contribution in [0.5, 0.6) is 0 Å². The van der Waals surface area contributed by atoms with Crippen molar-refractivity contribution in [1.29, 1.82) is 0 Å². The average Bonchev–Trinajstić information content (AvgIpc) is 3.45. The summed E-state index contributed by atoms with van der Waals surface area (Å²) in [6, 6.07) is 0.493. The van der Waals surface area contributed by atoms with E-state index < -0.39 is 0 Å². The maximum absolute atomic E-state index is 5.78. The molecular formula is C20H40N4O2. The van der Waals surface area contributed by atoms with E-state index in [0.717, 1.165) is 71.0 Å². The van der Waals surface area contributed by atoms with E-state index in [1.807, 2.05) is 0 Å². The van der Waals surface area contributed by atoms with Gasteiger partial charge in [0.15, 0.2) is 5.96 Å². The molecule has 0 aromatic heterocycles. The van der Waals surface area contributed by atoms with Crippen LogP contribution < -0.4 is 5.32 Å². The zero-order valence-electron chi connectivity index (χ0n) is 17.4. The molecule has 1 saturated heterocycles. The van der Waals surface area contributed by atoms with Crippen LogP contribution in [0, 0.1) is 11.8 Å². The second-order valence-corrected chi connectivity index (χ2v) is 8.07. The van der Waals surface area contributed by atoms with E-state index in [1.165, 1.54) is 19.3 Å². The highest BCUT2D eigenvalue weighted by Crippen LogP contribution is 2.28. The number of guanidine groups is 1. The Morgan fingerprint density at radius 2 is 2.04 bits per heavy atom. The third-order valence-electron chi connectivity index (χ3n) is 5.08. The number of nitrogens with one attached hydrogen (secondary N) is 1. The van der Waals surface area contributed by atoms with Crippen LogP contribution in [0.4, 0.5) is 0 Å². The van der Waals surface area contributed by atoms with Crippen LogP contribution in [-0.4, -0.2) is 88.0 Å². The average molecular weight is 369 g/mol. The van der Waals surface area contributed by atoms with Gasteiger partial charge in [-0.25, -0.2) is 0 Å². The number of morpholine rings is 1. The Kier molecular flexibility index (Phi) is 9.72. The van der Waals surface area contributed by atoms with Gasteiger partial charge >= 0.3 is 0 Å². The van der Waals surface area contributed by atoms with E-state index in [4.69, 9.17) is 14.5 Å². The predicted octanol–water partition coefficient (Wildman–Crippen LogP) is 2.06. The summed E-state index contributed by atoms with van der Waals surface area (Å²) in [7, 11) is 2.11. The van der Waals surface area contributed by atoms with Crippen LogP contribution in [-0.2, 0) is 9.47 Å². The Balaban J connectivity index is 1.85. The number of rotatable bonds is 11. The first-order valence-corrected chi connectivity index (χ1v) is 10.5. The fourth-order valence-electron chi connectivity index (χ4n) is 3.33. The van der Waals surface area contributed by atoms with Gasteiger partial charge in [0.1, 0.15) is 0 Å². The number of hydrogen-bond donors (Lipinski definition) is 1. The van der Waals surface area contributed by atoms with Gasteiger partial charge in [-0.15, -0.1) is 0 Å². The smallest absolute Gasteiger partial charge is 0.193 e. The van der Waals surface area contributed by atoms with Crippen molar-refractivity contribution in [2.45, 2.75) is 46.1 Å². The first kappa shape index (κ1) is 21.5. The molecule has 1 aliphatic carbocycles. The molecule has 0 amide bonds. The molecule has 0 aromatic rings. The lowest BCUT2D eigenvalue weighted by Gasteiger charge is -2.35. The summed E-state index contributed by atoms with van der Waals surface area (Å²) in [5, 5.41) is 3.43. The summed E-state index contributed by atoms with van der Waals surface area (Å²) < 4.78 is 11.3. The number of nitrogens with zero attached hydrogens (tertiary/aromatic N) is 3. The van der Waals surface area contributed by atoms with Crippen molar-refractivity contribution in [3.63, 3.8) is 0 Å². The second-order valence-electron chi connectivity index (χ2n) is 8.07. The van der Waals surface area contributed by atoms with E-state index in [-0.39, 0.29) is 0 Å². The number of hydrogen-bond acceptors (Lipinski definition) is 4. The van der Waals surface area contributed by atoms with Gasteiger partial charge in [0, 0.05) is 45.9 Å². The molecular weight excluding hydrogens is 328 g/mol. The molecule has 1 atom stereocenters. The molecule has 1 saturated carbocycles. The fraction of sp³-hybridized carbons (Fsp3) is 0.950. The largest absolute Gasteiger partial charge is 0.379 e. The summed E-state index contributed by atoms with van der Waals surface area (Å²) >= 11 is 0. The molecule has 1 heterocycles. The van der Waals surface area contributed by atoms with Crippen molar-refractivity contribution in [3.8, 4) is 0 Å². The van der Waals surface area contributed by atoms with Gasteiger partial charge < -0.3 is 19.7 Å². The molecule has 1 unspecified atom stereocenters. The normalized spacial score (nSPS) is 20.4. The summed E-state index contributed by atoms with van der Waals surface area (Å²) in [5.74, 6) is 2.49. The number of likely N-dealkylation sites (N-methyl/N-ethyl adjacent to an activating group) is 1. The van der Waals surface area contributed by atoms with Crippen molar-refractivity contribution < 1.29 is 9.47 Å². The molecule has 2 fully saturated rings. The molecule has 2 rings (SSSR count). The highest BCUT2D eigenvalue weighted by Gasteiger charge is 2.23. The van der Waals surface area contributed by atoms with Crippen molar-refractivity contribution in [2.24, 2.45) is 16.8 Å². The molecule has 0 radical (unpaired) electrons. The zero-order chi connectivity index (χ0) is 18.8. The van der Waals surface area contributed by atoms with Crippen molar-refractivity contribution in [1.82, 2.24) is 15.1 Å².